The number of imide groups is 4. The van der Waals surface area contributed by atoms with Gasteiger partial charge in [0.1, 0.15) is 5.66 Å². The second kappa shape index (κ2) is 10.5. The van der Waals surface area contributed by atoms with E-state index in [0.29, 0.717) is 35.1 Å². The second-order valence-electron chi connectivity index (χ2n) is 11.5. The molecule has 0 aromatic heterocycles. The fraction of sp³-hybridized carbons (Fsp3) is 0.176. The number of hydrogen-bond donors (Lipinski definition) is 2. The van der Waals surface area contributed by atoms with Crippen LogP contribution in [-0.2, 0) is 38.4 Å². The van der Waals surface area contributed by atoms with Gasteiger partial charge in [0.2, 0.25) is 0 Å². The molecule has 5 aliphatic rings. The molecule has 1 saturated carbocycles. The zero-order chi connectivity index (χ0) is 32.3. The highest BCUT2D eigenvalue weighted by Gasteiger charge is 2.56. The summed E-state index contributed by atoms with van der Waals surface area (Å²) >= 11 is 0. The van der Waals surface area contributed by atoms with Gasteiger partial charge in [-0.1, -0.05) is 55.0 Å². The van der Waals surface area contributed by atoms with Gasteiger partial charge in [-0.05, 0) is 47.9 Å². The number of carbonyl (C=O) groups is 8. The summed E-state index contributed by atoms with van der Waals surface area (Å²) in [7, 11) is 0. The maximum atomic E-state index is 14.0. The van der Waals surface area contributed by atoms with Crippen molar-refractivity contribution in [2.75, 3.05) is 0 Å². The molecule has 7 rings (SSSR count). The highest BCUT2D eigenvalue weighted by atomic mass is 16.2. The van der Waals surface area contributed by atoms with Crippen molar-refractivity contribution in [2.24, 2.45) is 0 Å². The Labute approximate surface area is 261 Å². The van der Waals surface area contributed by atoms with Crippen LogP contribution < -0.4 is 10.6 Å². The molecular formula is C34H24N4O8. The van der Waals surface area contributed by atoms with Crippen molar-refractivity contribution in [1.82, 2.24) is 20.4 Å². The highest BCUT2D eigenvalue weighted by molar-refractivity contribution is 6.37. The van der Waals surface area contributed by atoms with Crippen molar-refractivity contribution >= 4 is 69.5 Å². The number of hydrogen-bond acceptors (Lipinski definition) is 8. The van der Waals surface area contributed by atoms with Crippen LogP contribution in [0.25, 0.3) is 22.3 Å². The number of benzene rings is 2. The summed E-state index contributed by atoms with van der Waals surface area (Å²) in [4.78, 5) is 104. The number of nitrogens with one attached hydrogen (secondary N) is 2. The summed E-state index contributed by atoms with van der Waals surface area (Å²) < 4.78 is 0. The fourth-order valence-corrected chi connectivity index (χ4v) is 6.72. The van der Waals surface area contributed by atoms with Crippen molar-refractivity contribution in [3.8, 4) is 0 Å². The van der Waals surface area contributed by atoms with Crippen LogP contribution in [0.4, 0.5) is 0 Å². The minimum absolute atomic E-state index is 0.0778. The van der Waals surface area contributed by atoms with Crippen molar-refractivity contribution < 1.29 is 38.4 Å². The van der Waals surface area contributed by atoms with E-state index in [9.17, 15) is 38.4 Å². The molecule has 1 aliphatic carbocycles. The predicted octanol–water partition coefficient (Wildman–Crippen LogP) is 1.63. The Balaban J connectivity index is 1.17. The topological polar surface area (TPSA) is 167 Å². The smallest absolute Gasteiger partial charge is 0.263 e. The number of carbonyl (C=O) groups excluding carboxylic acids is 8. The van der Waals surface area contributed by atoms with E-state index in [2.05, 4.69) is 10.6 Å². The minimum atomic E-state index is -1.52. The van der Waals surface area contributed by atoms with Gasteiger partial charge < -0.3 is 0 Å². The van der Waals surface area contributed by atoms with Crippen molar-refractivity contribution in [1.29, 1.82) is 0 Å². The van der Waals surface area contributed by atoms with Crippen molar-refractivity contribution in [2.45, 2.75) is 37.8 Å². The molecule has 0 spiro atoms. The van der Waals surface area contributed by atoms with E-state index in [-0.39, 0.29) is 35.1 Å². The van der Waals surface area contributed by atoms with Crippen LogP contribution in [0, 0.1) is 0 Å². The summed E-state index contributed by atoms with van der Waals surface area (Å²) in [6, 6.07) is 12.5. The van der Waals surface area contributed by atoms with Crippen LogP contribution in [-0.4, -0.2) is 62.7 Å². The summed E-state index contributed by atoms with van der Waals surface area (Å²) in [5.41, 5.74) is 0.714. The molecule has 0 saturated heterocycles. The van der Waals surface area contributed by atoms with E-state index in [4.69, 9.17) is 0 Å². The first-order chi connectivity index (χ1) is 22.1. The average molecular weight is 617 g/mol. The zero-order valence-electron chi connectivity index (χ0n) is 24.1. The molecule has 1 fully saturated rings. The van der Waals surface area contributed by atoms with E-state index < -0.39 is 52.9 Å². The molecule has 228 valence electrons. The molecule has 0 unspecified atom stereocenters. The van der Waals surface area contributed by atoms with Gasteiger partial charge in [-0.3, -0.25) is 58.8 Å². The van der Waals surface area contributed by atoms with Crippen LogP contribution in [0.1, 0.15) is 54.4 Å². The summed E-state index contributed by atoms with van der Waals surface area (Å²) in [6.07, 6.45) is 7.14. The van der Waals surface area contributed by atoms with Gasteiger partial charge in [0.05, 0.1) is 22.3 Å². The first kappa shape index (κ1) is 28.7. The molecule has 0 radical (unpaired) electrons. The molecule has 0 atom stereocenters. The average Bonchev–Trinajstić information content (AvgIpc) is 3.75. The van der Waals surface area contributed by atoms with Crippen LogP contribution in [0.2, 0.25) is 0 Å². The summed E-state index contributed by atoms with van der Waals surface area (Å²) in [5.74, 6) is -4.71. The minimum Gasteiger partial charge on any atom is -0.289 e. The monoisotopic (exact) mass is 616 g/mol. The van der Waals surface area contributed by atoms with E-state index in [1.165, 1.54) is 24.3 Å². The lowest BCUT2D eigenvalue weighted by molar-refractivity contribution is -0.167. The van der Waals surface area contributed by atoms with Crippen LogP contribution in [0.15, 0.2) is 72.8 Å². The maximum absolute atomic E-state index is 14.0. The van der Waals surface area contributed by atoms with Gasteiger partial charge in [-0.2, -0.15) is 0 Å². The fourth-order valence-electron chi connectivity index (χ4n) is 6.72. The van der Waals surface area contributed by atoms with Crippen LogP contribution in [0.5, 0.6) is 0 Å². The predicted molar refractivity (Wildman–Crippen MR) is 161 cm³/mol. The lowest BCUT2D eigenvalue weighted by Crippen LogP contribution is -2.65. The Morgan fingerprint density at radius 3 is 1.13 bits per heavy atom. The SMILES string of the molecule is O=C1C=C(c2ccc(C3=CC(=O)N(C4(N5C(=O)C=C(c6ccc(C7=CC(=O)NC7=O)cc6)C5=O)CCCCC4)C3=O)cc2)C(=O)N1. The normalized spacial score (nSPS) is 21.0. The van der Waals surface area contributed by atoms with E-state index in [0.717, 1.165) is 16.2 Å². The second-order valence-corrected chi connectivity index (χ2v) is 11.5. The third-order valence-electron chi connectivity index (χ3n) is 8.86. The Morgan fingerprint density at radius 2 is 0.804 bits per heavy atom. The summed E-state index contributed by atoms with van der Waals surface area (Å²) in [6.45, 7) is 0. The van der Waals surface area contributed by atoms with Crippen molar-refractivity contribution in [3.05, 3.63) is 95.1 Å². The molecule has 8 amide bonds. The van der Waals surface area contributed by atoms with Gasteiger partial charge in [0.25, 0.3) is 47.3 Å². The lowest BCUT2D eigenvalue weighted by atomic mass is 9.85. The first-order valence-corrected chi connectivity index (χ1v) is 14.6. The molecule has 4 aliphatic heterocycles. The molecular weight excluding hydrogens is 592 g/mol. The quantitative estimate of drug-likeness (QED) is 0.462. The van der Waals surface area contributed by atoms with Crippen molar-refractivity contribution in [3.63, 3.8) is 0 Å². The van der Waals surface area contributed by atoms with Crippen LogP contribution >= 0.6 is 0 Å². The Bertz CT molecular complexity index is 1820. The van der Waals surface area contributed by atoms with E-state index in [1.807, 2.05) is 0 Å². The molecule has 2 aromatic carbocycles. The molecule has 0 bridgehead atoms. The van der Waals surface area contributed by atoms with Gasteiger partial charge in [0, 0.05) is 24.3 Å². The van der Waals surface area contributed by atoms with Gasteiger partial charge in [0.15, 0.2) is 0 Å². The first-order valence-electron chi connectivity index (χ1n) is 14.6. The molecule has 12 nitrogen and oxygen atoms in total. The number of amides is 8. The highest BCUT2D eigenvalue weighted by Crippen LogP contribution is 2.44. The van der Waals surface area contributed by atoms with Gasteiger partial charge >= 0.3 is 0 Å². The zero-order valence-corrected chi connectivity index (χ0v) is 24.1. The third kappa shape index (κ3) is 4.45. The standard InChI is InChI=1S/C34H24N4O8/c39-26-14-22(30(43)35-26)18-4-8-20(9-5-18)24-16-28(41)37(32(24)45)34(12-2-1-3-13-34)38-29(42)17-25(33(38)46)21-10-6-19(7-11-21)23-15-27(40)36-31(23)44/h4-11,14-17H,1-3,12-13H2,(H,35,39,43)(H,36,40,44). The Hall–Kier alpha value is -6.04. The number of rotatable bonds is 6. The number of nitrogens with zero attached hydrogens (tertiary/aromatic N) is 2. The van der Waals surface area contributed by atoms with Gasteiger partial charge in [-0.25, -0.2) is 0 Å². The maximum Gasteiger partial charge on any atom is 0.263 e. The Morgan fingerprint density at radius 1 is 0.457 bits per heavy atom. The summed E-state index contributed by atoms with van der Waals surface area (Å²) in [5, 5.41) is 4.36. The lowest BCUT2D eigenvalue weighted by Gasteiger charge is -2.48. The van der Waals surface area contributed by atoms with E-state index >= 15 is 0 Å². The third-order valence-corrected chi connectivity index (χ3v) is 8.86. The molecule has 2 aromatic rings. The Kier molecular flexibility index (Phi) is 6.58. The molecule has 12 heteroatoms. The van der Waals surface area contributed by atoms with Gasteiger partial charge in [-0.15, -0.1) is 0 Å². The van der Waals surface area contributed by atoms with Crippen LogP contribution in [0.3, 0.4) is 0 Å². The van der Waals surface area contributed by atoms with E-state index in [1.54, 1.807) is 48.5 Å². The molecule has 46 heavy (non-hydrogen) atoms. The molecule has 4 heterocycles. The molecule has 2 N–H and O–H groups in total. The largest absolute Gasteiger partial charge is 0.289 e.